The molecule has 2 aliphatic rings. The fraction of sp³-hybridized carbons (Fsp3) is 0.480. The van der Waals surface area contributed by atoms with Crippen molar-refractivity contribution in [3.8, 4) is 11.6 Å². The molecule has 1 fully saturated rings. The average molecular weight is 418 g/mol. The molecular weight excluding hydrogens is 386 g/mol. The van der Waals surface area contributed by atoms with E-state index in [0.29, 0.717) is 17.7 Å². The maximum atomic E-state index is 6.69. The smallest absolute Gasteiger partial charge is 0.213 e. The third-order valence-corrected chi connectivity index (χ3v) is 6.84. The summed E-state index contributed by atoms with van der Waals surface area (Å²) >= 11 is 0. The maximum Gasteiger partial charge on any atom is 0.213 e. The number of nitrogens with two attached hydrogens (primary N) is 1. The Balaban J connectivity index is 1.43. The molecule has 3 aromatic rings. The second-order valence-corrected chi connectivity index (χ2v) is 9.28. The fourth-order valence-electron chi connectivity index (χ4n) is 5.33. The molecule has 2 atom stereocenters. The van der Waals surface area contributed by atoms with E-state index in [0.717, 1.165) is 43.8 Å². The monoisotopic (exact) mass is 417 g/mol. The van der Waals surface area contributed by atoms with Crippen molar-refractivity contribution in [1.82, 2.24) is 19.7 Å². The molecule has 1 aliphatic heterocycles. The highest BCUT2D eigenvalue weighted by Gasteiger charge is 2.36. The van der Waals surface area contributed by atoms with Crippen LogP contribution >= 0.6 is 0 Å². The van der Waals surface area contributed by atoms with Gasteiger partial charge in [-0.05, 0) is 55.7 Å². The van der Waals surface area contributed by atoms with Gasteiger partial charge in [0, 0.05) is 30.1 Å². The predicted octanol–water partition coefficient (Wildman–Crippen LogP) is 4.39. The molecule has 0 saturated heterocycles. The zero-order chi connectivity index (χ0) is 21.4. The Bertz CT molecular complexity index is 1020. The predicted molar refractivity (Wildman–Crippen MR) is 120 cm³/mol. The van der Waals surface area contributed by atoms with Crippen LogP contribution in [-0.4, -0.2) is 31.9 Å². The van der Waals surface area contributed by atoms with Crippen LogP contribution in [0.1, 0.15) is 68.6 Å². The summed E-state index contributed by atoms with van der Waals surface area (Å²) in [5.41, 5.74) is 9.17. The highest BCUT2D eigenvalue weighted by molar-refractivity contribution is 5.46. The lowest BCUT2D eigenvalue weighted by Gasteiger charge is -2.29. The van der Waals surface area contributed by atoms with Crippen molar-refractivity contribution in [3.05, 3.63) is 65.9 Å². The first kappa shape index (κ1) is 20.2. The SMILES string of the molecule is CC(C)C1c2nnc([C@H]3CC[C@H](Oc4ccccn4)CC3)n2-c2ccccc2CC1N. The van der Waals surface area contributed by atoms with Gasteiger partial charge >= 0.3 is 0 Å². The quantitative estimate of drug-likeness (QED) is 0.681. The number of ether oxygens (including phenoxy) is 1. The third-order valence-electron chi connectivity index (χ3n) is 6.84. The second-order valence-electron chi connectivity index (χ2n) is 9.28. The highest BCUT2D eigenvalue weighted by Crippen LogP contribution is 2.39. The standard InChI is InChI=1S/C25H31N5O/c1-16(2)23-20(26)15-18-7-3-4-8-21(18)30-24(28-29-25(23)30)17-10-12-19(13-11-17)31-22-9-5-6-14-27-22/h3-9,14,16-17,19-20,23H,10-13,15,26H2,1-2H3/t17-,19-,20?,23?. The van der Waals surface area contributed by atoms with Crippen molar-refractivity contribution in [3.63, 3.8) is 0 Å². The van der Waals surface area contributed by atoms with Crippen LogP contribution in [0.2, 0.25) is 0 Å². The van der Waals surface area contributed by atoms with E-state index < -0.39 is 0 Å². The van der Waals surface area contributed by atoms with Crippen molar-refractivity contribution in [2.24, 2.45) is 11.7 Å². The second kappa shape index (κ2) is 8.42. The minimum atomic E-state index is 0.0435. The Labute approximate surface area is 183 Å². The van der Waals surface area contributed by atoms with Gasteiger partial charge in [-0.15, -0.1) is 10.2 Å². The number of nitrogens with zero attached hydrogens (tertiary/aromatic N) is 4. The summed E-state index contributed by atoms with van der Waals surface area (Å²) in [7, 11) is 0. The average Bonchev–Trinajstić information content (AvgIpc) is 3.14. The van der Waals surface area contributed by atoms with Crippen LogP contribution in [0.3, 0.4) is 0 Å². The Kier molecular flexibility index (Phi) is 5.48. The van der Waals surface area contributed by atoms with Crippen molar-refractivity contribution < 1.29 is 4.74 Å². The van der Waals surface area contributed by atoms with Gasteiger partial charge in [0.15, 0.2) is 0 Å². The number of fused-ring (bicyclic) bond motifs is 3. The summed E-state index contributed by atoms with van der Waals surface area (Å²) in [6.45, 7) is 4.47. The van der Waals surface area contributed by atoms with E-state index >= 15 is 0 Å². The van der Waals surface area contributed by atoms with Gasteiger partial charge in [-0.25, -0.2) is 4.98 Å². The molecule has 162 valence electrons. The number of aromatic nitrogens is 4. The first-order valence-electron chi connectivity index (χ1n) is 11.5. The lowest BCUT2D eigenvalue weighted by Crippen LogP contribution is -2.33. The molecule has 1 saturated carbocycles. The molecule has 0 spiro atoms. The van der Waals surface area contributed by atoms with Gasteiger partial charge in [-0.2, -0.15) is 0 Å². The number of hydrogen-bond acceptors (Lipinski definition) is 5. The number of para-hydroxylation sites is 1. The van der Waals surface area contributed by atoms with Gasteiger partial charge in [0.1, 0.15) is 17.8 Å². The van der Waals surface area contributed by atoms with Gasteiger partial charge < -0.3 is 10.5 Å². The molecular formula is C25H31N5O. The minimum Gasteiger partial charge on any atom is -0.474 e. The molecule has 0 bridgehead atoms. The van der Waals surface area contributed by atoms with Crippen LogP contribution in [0.15, 0.2) is 48.7 Å². The lowest BCUT2D eigenvalue weighted by atomic mass is 9.85. The number of pyridine rings is 1. The van der Waals surface area contributed by atoms with E-state index in [1.807, 2.05) is 18.2 Å². The zero-order valence-electron chi connectivity index (χ0n) is 18.3. The van der Waals surface area contributed by atoms with Crippen LogP contribution in [0.25, 0.3) is 5.69 Å². The van der Waals surface area contributed by atoms with Crippen LogP contribution in [0.4, 0.5) is 0 Å². The Morgan fingerprint density at radius 2 is 1.71 bits per heavy atom. The van der Waals surface area contributed by atoms with Crippen molar-refractivity contribution in [1.29, 1.82) is 0 Å². The number of benzene rings is 1. The Morgan fingerprint density at radius 3 is 2.45 bits per heavy atom. The van der Waals surface area contributed by atoms with E-state index in [9.17, 15) is 0 Å². The summed E-state index contributed by atoms with van der Waals surface area (Å²) in [4.78, 5) is 4.31. The Morgan fingerprint density at radius 1 is 0.968 bits per heavy atom. The maximum absolute atomic E-state index is 6.69. The molecule has 1 aliphatic carbocycles. The third kappa shape index (κ3) is 3.85. The normalized spacial score (nSPS) is 25.5. The molecule has 31 heavy (non-hydrogen) atoms. The summed E-state index contributed by atoms with van der Waals surface area (Å²) < 4.78 is 8.43. The zero-order valence-corrected chi connectivity index (χ0v) is 18.3. The summed E-state index contributed by atoms with van der Waals surface area (Å²) in [6, 6.07) is 14.4. The molecule has 6 heteroatoms. The van der Waals surface area contributed by atoms with E-state index in [1.165, 1.54) is 11.3 Å². The molecule has 2 unspecified atom stereocenters. The molecule has 0 amide bonds. The molecule has 2 aromatic heterocycles. The molecule has 0 radical (unpaired) electrons. The van der Waals surface area contributed by atoms with Crippen LogP contribution < -0.4 is 10.5 Å². The van der Waals surface area contributed by atoms with Crippen LogP contribution in [0.5, 0.6) is 5.88 Å². The number of rotatable bonds is 4. The summed E-state index contributed by atoms with van der Waals surface area (Å²) in [5, 5.41) is 9.46. The van der Waals surface area contributed by atoms with Gasteiger partial charge in [-0.3, -0.25) is 4.57 Å². The van der Waals surface area contributed by atoms with E-state index in [-0.39, 0.29) is 18.1 Å². The van der Waals surface area contributed by atoms with Crippen LogP contribution in [-0.2, 0) is 6.42 Å². The summed E-state index contributed by atoms with van der Waals surface area (Å²) in [5.74, 6) is 3.79. The topological polar surface area (TPSA) is 78.9 Å². The molecule has 2 N–H and O–H groups in total. The van der Waals surface area contributed by atoms with Gasteiger partial charge in [-0.1, -0.05) is 38.1 Å². The first-order chi connectivity index (χ1) is 15.1. The molecule has 6 nitrogen and oxygen atoms in total. The lowest BCUT2D eigenvalue weighted by molar-refractivity contribution is 0.139. The largest absolute Gasteiger partial charge is 0.474 e. The summed E-state index contributed by atoms with van der Waals surface area (Å²) in [6.07, 6.45) is 6.93. The van der Waals surface area contributed by atoms with Gasteiger partial charge in [0.05, 0.1) is 5.69 Å². The Hall–Kier alpha value is -2.73. The van der Waals surface area contributed by atoms with Crippen molar-refractivity contribution in [2.45, 2.75) is 69.9 Å². The van der Waals surface area contributed by atoms with Crippen molar-refractivity contribution >= 4 is 0 Å². The van der Waals surface area contributed by atoms with E-state index in [1.54, 1.807) is 6.20 Å². The van der Waals surface area contributed by atoms with E-state index in [4.69, 9.17) is 20.7 Å². The van der Waals surface area contributed by atoms with Gasteiger partial charge in [0.2, 0.25) is 5.88 Å². The first-order valence-corrected chi connectivity index (χ1v) is 11.5. The van der Waals surface area contributed by atoms with Crippen molar-refractivity contribution in [2.75, 3.05) is 0 Å². The van der Waals surface area contributed by atoms with Gasteiger partial charge in [0.25, 0.3) is 0 Å². The molecule has 3 heterocycles. The minimum absolute atomic E-state index is 0.0435. The van der Waals surface area contributed by atoms with Crippen LogP contribution in [0, 0.1) is 5.92 Å². The molecule has 5 rings (SSSR count). The van der Waals surface area contributed by atoms with E-state index in [2.05, 4.69) is 47.7 Å². The molecule has 1 aromatic carbocycles. The number of hydrogen-bond donors (Lipinski definition) is 1. The fourth-order valence-corrected chi connectivity index (χ4v) is 5.33. The highest BCUT2D eigenvalue weighted by atomic mass is 16.5.